The fourth-order valence-corrected chi connectivity index (χ4v) is 4.37. The summed E-state index contributed by atoms with van der Waals surface area (Å²) in [6.45, 7) is 10.1. The van der Waals surface area contributed by atoms with Crippen molar-refractivity contribution in [3.63, 3.8) is 0 Å². The molecule has 1 fully saturated rings. The Kier molecular flexibility index (Phi) is 10.3. The number of nitrogens with one attached hydrogen (secondary N) is 2. The topological polar surface area (TPSA) is 57.5 Å². The van der Waals surface area contributed by atoms with Gasteiger partial charge in [0.25, 0.3) is 0 Å². The lowest BCUT2D eigenvalue weighted by Crippen LogP contribution is -2.42. The van der Waals surface area contributed by atoms with E-state index in [1.807, 2.05) is 34.5 Å². The maximum absolute atomic E-state index is 4.81. The Labute approximate surface area is 189 Å². The zero-order chi connectivity index (χ0) is 18.9. The van der Waals surface area contributed by atoms with Gasteiger partial charge in [0.2, 0.25) is 0 Å². The van der Waals surface area contributed by atoms with Gasteiger partial charge < -0.3 is 10.6 Å². The van der Waals surface area contributed by atoms with Crippen molar-refractivity contribution in [2.45, 2.75) is 39.3 Å². The summed E-state index contributed by atoms with van der Waals surface area (Å²) >= 11 is 1.85. The van der Waals surface area contributed by atoms with Gasteiger partial charge in [0.1, 0.15) is 0 Å². The van der Waals surface area contributed by atoms with Crippen LogP contribution in [0.1, 0.15) is 37.6 Å². The zero-order valence-electron chi connectivity index (χ0n) is 16.9. The minimum absolute atomic E-state index is 0. The molecule has 0 radical (unpaired) electrons. The van der Waals surface area contributed by atoms with Crippen LogP contribution in [-0.2, 0) is 6.54 Å². The number of hydrogen-bond acceptors (Lipinski definition) is 4. The van der Waals surface area contributed by atoms with Crippen LogP contribution in [0.25, 0.3) is 0 Å². The number of thiophene rings is 1. The standard InChI is InChI=1S/C20H32N6S.HI/c1-3-21-20(22-14-17(2)16-26-12-7-9-24-26)23-15-18(19-8-6-13-27-19)25-10-4-5-11-25;/h6-9,12-13,17-18H,3-5,10-11,14-16H2,1-2H3,(H2,21,22,23);1H. The van der Waals surface area contributed by atoms with E-state index in [4.69, 9.17) is 4.99 Å². The first-order valence-electron chi connectivity index (χ1n) is 10.0. The average molecular weight is 516 g/mol. The monoisotopic (exact) mass is 516 g/mol. The van der Waals surface area contributed by atoms with Crippen LogP contribution in [0, 0.1) is 5.92 Å². The van der Waals surface area contributed by atoms with Crippen molar-refractivity contribution >= 4 is 41.3 Å². The molecule has 1 aliphatic heterocycles. The second kappa shape index (κ2) is 12.4. The van der Waals surface area contributed by atoms with Crippen molar-refractivity contribution < 1.29 is 0 Å². The Morgan fingerprint density at radius 1 is 1.29 bits per heavy atom. The van der Waals surface area contributed by atoms with Gasteiger partial charge in [-0.25, -0.2) is 0 Å². The van der Waals surface area contributed by atoms with E-state index in [0.717, 1.165) is 32.1 Å². The predicted molar refractivity (Wildman–Crippen MR) is 129 cm³/mol. The molecule has 3 heterocycles. The van der Waals surface area contributed by atoms with E-state index in [2.05, 4.69) is 52.0 Å². The molecule has 0 amide bonds. The van der Waals surface area contributed by atoms with Crippen molar-refractivity contribution in [3.05, 3.63) is 40.8 Å². The van der Waals surface area contributed by atoms with Gasteiger partial charge in [-0.15, -0.1) is 35.3 Å². The van der Waals surface area contributed by atoms with Gasteiger partial charge >= 0.3 is 0 Å². The third-order valence-electron chi connectivity index (χ3n) is 4.88. The molecule has 0 saturated carbocycles. The molecule has 2 atom stereocenters. The number of aliphatic imine (C=N–C) groups is 1. The van der Waals surface area contributed by atoms with Gasteiger partial charge in [-0.05, 0) is 56.3 Å². The predicted octanol–water partition coefficient (Wildman–Crippen LogP) is 3.59. The average Bonchev–Trinajstić information content (AvgIpc) is 3.42. The number of aromatic nitrogens is 2. The normalized spacial score (nSPS) is 17.1. The molecule has 0 spiro atoms. The summed E-state index contributed by atoms with van der Waals surface area (Å²) in [6.07, 6.45) is 6.44. The summed E-state index contributed by atoms with van der Waals surface area (Å²) in [7, 11) is 0. The fourth-order valence-electron chi connectivity index (χ4n) is 3.51. The fraction of sp³-hybridized carbons (Fsp3) is 0.600. The largest absolute Gasteiger partial charge is 0.357 e. The molecule has 0 aliphatic carbocycles. The summed E-state index contributed by atoms with van der Waals surface area (Å²) < 4.78 is 1.97. The summed E-state index contributed by atoms with van der Waals surface area (Å²) in [4.78, 5) is 8.85. The lowest BCUT2D eigenvalue weighted by molar-refractivity contribution is 0.249. The molecule has 1 saturated heterocycles. The van der Waals surface area contributed by atoms with Crippen LogP contribution < -0.4 is 10.6 Å². The molecule has 0 aromatic carbocycles. The Morgan fingerprint density at radius 2 is 2.11 bits per heavy atom. The van der Waals surface area contributed by atoms with E-state index in [0.29, 0.717) is 12.0 Å². The van der Waals surface area contributed by atoms with E-state index in [1.54, 1.807) is 0 Å². The zero-order valence-corrected chi connectivity index (χ0v) is 20.0. The lowest BCUT2D eigenvalue weighted by atomic mass is 10.2. The highest BCUT2D eigenvalue weighted by Gasteiger charge is 2.24. The highest BCUT2D eigenvalue weighted by atomic mass is 127. The third kappa shape index (κ3) is 7.04. The molecule has 1 aliphatic rings. The molecular weight excluding hydrogens is 483 g/mol. The number of guanidine groups is 1. The number of hydrogen-bond donors (Lipinski definition) is 2. The second-order valence-electron chi connectivity index (χ2n) is 7.21. The third-order valence-corrected chi connectivity index (χ3v) is 5.85. The van der Waals surface area contributed by atoms with Gasteiger partial charge in [-0.1, -0.05) is 13.0 Å². The minimum atomic E-state index is 0. The Morgan fingerprint density at radius 3 is 2.75 bits per heavy atom. The number of rotatable bonds is 9. The van der Waals surface area contributed by atoms with E-state index in [-0.39, 0.29) is 24.0 Å². The van der Waals surface area contributed by atoms with Crippen molar-refractivity contribution in [3.8, 4) is 0 Å². The maximum atomic E-state index is 4.81. The van der Waals surface area contributed by atoms with Gasteiger partial charge in [-0.2, -0.15) is 5.10 Å². The van der Waals surface area contributed by atoms with E-state index < -0.39 is 0 Å². The van der Waals surface area contributed by atoms with Crippen LogP contribution in [0.5, 0.6) is 0 Å². The summed E-state index contributed by atoms with van der Waals surface area (Å²) in [6, 6.07) is 6.80. The van der Waals surface area contributed by atoms with E-state index in [1.165, 1.54) is 30.8 Å². The quantitative estimate of drug-likeness (QED) is 0.304. The Bertz CT molecular complexity index is 667. The molecule has 156 valence electrons. The van der Waals surface area contributed by atoms with Crippen molar-refractivity contribution in [1.29, 1.82) is 0 Å². The number of nitrogens with zero attached hydrogens (tertiary/aromatic N) is 4. The smallest absolute Gasteiger partial charge is 0.191 e. The molecular formula is C20H33IN6S. The highest BCUT2D eigenvalue weighted by molar-refractivity contribution is 14.0. The van der Waals surface area contributed by atoms with Crippen LogP contribution in [-0.4, -0.2) is 53.4 Å². The molecule has 28 heavy (non-hydrogen) atoms. The van der Waals surface area contributed by atoms with Crippen LogP contribution in [0.3, 0.4) is 0 Å². The summed E-state index contributed by atoms with van der Waals surface area (Å²) in [5.74, 6) is 1.34. The molecule has 6 nitrogen and oxygen atoms in total. The van der Waals surface area contributed by atoms with Crippen molar-refractivity contribution in [2.24, 2.45) is 10.9 Å². The van der Waals surface area contributed by atoms with Gasteiger partial charge in [-0.3, -0.25) is 14.6 Å². The second-order valence-corrected chi connectivity index (χ2v) is 8.19. The van der Waals surface area contributed by atoms with Crippen molar-refractivity contribution in [2.75, 3.05) is 32.7 Å². The highest BCUT2D eigenvalue weighted by Crippen LogP contribution is 2.27. The van der Waals surface area contributed by atoms with Gasteiger partial charge in [0.05, 0.1) is 6.04 Å². The van der Waals surface area contributed by atoms with Crippen molar-refractivity contribution in [1.82, 2.24) is 25.3 Å². The van der Waals surface area contributed by atoms with Gasteiger partial charge in [0.15, 0.2) is 5.96 Å². The molecule has 2 N–H and O–H groups in total. The molecule has 8 heteroatoms. The Balaban J connectivity index is 0.00000280. The summed E-state index contributed by atoms with van der Waals surface area (Å²) in [5, 5.41) is 13.4. The summed E-state index contributed by atoms with van der Waals surface area (Å²) in [5.41, 5.74) is 0. The van der Waals surface area contributed by atoms with Gasteiger partial charge in [0, 0.05) is 43.4 Å². The SMILES string of the molecule is CCNC(=NCC(C)Cn1cccn1)NCC(c1cccs1)N1CCCC1.I. The molecule has 2 unspecified atom stereocenters. The number of halogens is 1. The maximum Gasteiger partial charge on any atom is 0.191 e. The first-order chi connectivity index (χ1) is 13.3. The molecule has 2 aromatic heterocycles. The minimum Gasteiger partial charge on any atom is -0.357 e. The lowest BCUT2D eigenvalue weighted by Gasteiger charge is -2.27. The number of likely N-dealkylation sites (tertiary alicyclic amines) is 1. The van der Waals surface area contributed by atoms with Crippen LogP contribution in [0.15, 0.2) is 41.0 Å². The first-order valence-corrected chi connectivity index (χ1v) is 10.9. The van der Waals surface area contributed by atoms with Crippen LogP contribution in [0.4, 0.5) is 0 Å². The first kappa shape index (κ1) is 23.2. The Hall–Kier alpha value is -1.13. The molecule has 0 bridgehead atoms. The molecule has 3 rings (SSSR count). The van der Waals surface area contributed by atoms with Crippen LogP contribution in [0.2, 0.25) is 0 Å². The van der Waals surface area contributed by atoms with E-state index >= 15 is 0 Å². The van der Waals surface area contributed by atoms with E-state index in [9.17, 15) is 0 Å². The molecule has 2 aromatic rings. The van der Waals surface area contributed by atoms with Crippen LogP contribution >= 0.6 is 35.3 Å².